The Labute approximate surface area is 119 Å². The lowest BCUT2D eigenvalue weighted by atomic mass is 9.99. The van der Waals surface area contributed by atoms with Crippen LogP contribution in [0.4, 0.5) is 0 Å². The number of hydrogen-bond acceptors (Lipinski definition) is 3. The van der Waals surface area contributed by atoms with Crippen LogP contribution in [0.1, 0.15) is 25.8 Å². The first-order valence-electron chi connectivity index (χ1n) is 6.77. The Morgan fingerprint density at radius 2 is 1.90 bits per heavy atom. The highest BCUT2D eigenvalue weighted by molar-refractivity contribution is 5.81. The van der Waals surface area contributed by atoms with Crippen molar-refractivity contribution in [1.82, 2.24) is 10.6 Å². The third-order valence-electron chi connectivity index (χ3n) is 3.40. The number of amides is 1. The molecule has 0 fully saturated rings. The van der Waals surface area contributed by atoms with Gasteiger partial charge in [-0.3, -0.25) is 14.9 Å². The molecule has 0 heterocycles. The van der Waals surface area contributed by atoms with Crippen molar-refractivity contribution in [3.8, 4) is 0 Å². The van der Waals surface area contributed by atoms with Crippen LogP contribution in [-0.4, -0.2) is 35.6 Å². The normalized spacial score (nSPS) is 13.5. The molecule has 0 aromatic heterocycles. The standard InChI is InChI=1S/C15H22N2O3/c1-3-15(2,14(19)20)17-11-13(18)16-10-9-12-7-5-4-6-8-12/h4-8,17H,3,9-11H2,1-2H3,(H,16,18)(H,19,20). The molecule has 1 aromatic carbocycles. The molecule has 0 radical (unpaired) electrons. The fourth-order valence-electron chi connectivity index (χ4n) is 1.68. The monoisotopic (exact) mass is 278 g/mol. The maximum atomic E-state index is 11.7. The summed E-state index contributed by atoms with van der Waals surface area (Å²) < 4.78 is 0. The van der Waals surface area contributed by atoms with E-state index < -0.39 is 11.5 Å². The van der Waals surface area contributed by atoms with E-state index in [0.717, 1.165) is 12.0 Å². The van der Waals surface area contributed by atoms with Gasteiger partial charge in [-0.2, -0.15) is 0 Å². The molecule has 5 nitrogen and oxygen atoms in total. The lowest BCUT2D eigenvalue weighted by molar-refractivity contribution is -0.144. The first kappa shape index (κ1) is 16.2. The first-order valence-corrected chi connectivity index (χ1v) is 6.77. The maximum Gasteiger partial charge on any atom is 0.323 e. The number of hydrogen-bond donors (Lipinski definition) is 3. The quantitative estimate of drug-likeness (QED) is 0.667. The van der Waals surface area contributed by atoms with Gasteiger partial charge in [-0.1, -0.05) is 37.3 Å². The van der Waals surface area contributed by atoms with E-state index in [9.17, 15) is 9.59 Å². The molecule has 0 bridgehead atoms. The average Bonchev–Trinajstić information content (AvgIpc) is 2.45. The molecule has 0 aliphatic rings. The Morgan fingerprint density at radius 1 is 1.25 bits per heavy atom. The maximum absolute atomic E-state index is 11.7. The van der Waals surface area contributed by atoms with Crippen molar-refractivity contribution in [3.05, 3.63) is 35.9 Å². The summed E-state index contributed by atoms with van der Waals surface area (Å²) in [7, 11) is 0. The van der Waals surface area contributed by atoms with Crippen LogP contribution in [0.5, 0.6) is 0 Å². The molecule has 1 atom stereocenters. The third kappa shape index (κ3) is 5.01. The second-order valence-corrected chi connectivity index (χ2v) is 4.93. The highest BCUT2D eigenvalue weighted by Crippen LogP contribution is 2.08. The molecular formula is C15H22N2O3. The first-order chi connectivity index (χ1) is 9.48. The van der Waals surface area contributed by atoms with Crippen LogP contribution in [0.3, 0.4) is 0 Å². The van der Waals surface area contributed by atoms with Gasteiger partial charge in [0.05, 0.1) is 6.54 Å². The summed E-state index contributed by atoms with van der Waals surface area (Å²) in [5.41, 5.74) is 0.0984. The Bertz CT molecular complexity index is 448. The van der Waals surface area contributed by atoms with Crippen LogP contribution in [-0.2, 0) is 16.0 Å². The van der Waals surface area contributed by atoms with Crippen molar-refractivity contribution < 1.29 is 14.7 Å². The van der Waals surface area contributed by atoms with Crippen LogP contribution in [0.25, 0.3) is 0 Å². The van der Waals surface area contributed by atoms with E-state index in [1.807, 2.05) is 30.3 Å². The largest absolute Gasteiger partial charge is 0.480 e. The highest BCUT2D eigenvalue weighted by Gasteiger charge is 2.30. The Balaban J connectivity index is 2.29. The number of rotatable bonds is 8. The highest BCUT2D eigenvalue weighted by atomic mass is 16.4. The van der Waals surface area contributed by atoms with Crippen LogP contribution in [0.15, 0.2) is 30.3 Å². The predicted octanol–water partition coefficient (Wildman–Crippen LogP) is 1.19. The number of nitrogens with one attached hydrogen (secondary N) is 2. The fourth-order valence-corrected chi connectivity index (χ4v) is 1.68. The molecule has 0 saturated carbocycles. The molecule has 1 aromatic rings. The molecule has 20 heavy (non-hydrogen) atoms. The second kappa shape index (κ2) is 7.65. The number of carboxylic acids is 1. The van der Waals surface area contributed by atoms with Crippen LogP contribution in [0.2, 0.25) is 0 Å². The van der Waals surface area contributed by atoms with Gasteiger partial charge in [0.2, 0.25) is 5.91 Å². The molecule has 1 unspecified atom stereocenters. The van der Waals surface area contributed by atoms with Gasteiger partial charge < -0.3 is 10.4 Å². The molecule has 110 valence electrons. The van der Waals surface area contributed by atoms with Crippen LogP contribution < -0.4 is 10.6 Å². The Kier molecular flexibility index (Phi) is 6.18. The smallest absolute Gasteiger partial charge is 0.323 e. The summed E-state index contributed by atoms with van der Waals surface area (Å²) in [5, 5.41) is 14.6. The van der Waals surface area contributed by atoms with E-state index in [1.54, 1.807) is 13.8 Å². The molecule has 0 aliphatic carbocycles. The van der Waals surface area contributed by atoms with Gasteiger partial charge in [0.1, 0.15) is 5.54 Å². The lowest BCUT2D eigenvalue weighted by Crippen LogP contribution is -2.52. The minimum Gasteiger partial charge on any atom is -0.480 e. The predicted molar refractivity (Wildman–Crippen MR) is 77.5 cm³/mol. The van der Waals surface area contributed by atoms with E-state index in [4.69, 9.17) is 5.11 Å². The summed E-state index contributed by atoms with van der Waals surface area (Å²) in [5.74, 6) is -1.14. The molecule has 0 saturated heterocycles. The zero-order valence-corrected chi connectivity index (χ0v) is 12.0. The van der Waals surface area contributed by atoms with Gasteiger partial charge in [-0.15, -0.1) is 0 Å². The van der Waals surface area contributed by atoms with E-state index >= 15 is 0 Å². The van der Waals surface area contributed by atoms with Gasteiger partial charge in [-0.25, -0.2) is 0 Å². The summed E-state index contributed by atoms with van der Waals surface area (Å²) >= 11 is 0. The Morgan fingerprint density at radius 3 is 2.45 bits per heavy atom. The number of carboxylic acid groups (broad SMARTS) is 1. The minimum absolute atomic E-state index is 0.00539. The van der Waals surface area contributed by atoms with Gasteiger partial charge >= 0.3 is 5.97 Å². The van der Waals surface area contributed by atoms with Crippen LogP contribution in [0, 0.1) is 0 Å². The van der Waals surface area contributed by atoms with Gasteiger partial charge in [0, 0.05) is 6.54 Å². The van der Waals surface area contributed by atoms with Crippen LogP contribution >= 0.6 is 0 Å². The van der Waals surface area contributed by atoms with E-state index in [1.165, 1.54) is 0 Å². The van der Waals surface area contributed by atoms with E-state index in [-0.39, 0.29) is 12.5 Å². The van der Waals surface area contributed by atoms with Gasteiger partial charge in [-0.05, 0) is 25.3 Å². The van der Waals surface area contributed by atoms with Gasteiger partial charge in [0.25, 0.3) is 0 Å². The van der Waals surface area contributed by atoms with Crippen molar-refractivity contribution in [2.24, 2.45) is 0 Å². The second-order valence-electron chi connectivity index (χ2n) is 4.93. The summed E-state index contributed by atoms with van der Waals surface area (Å²) in [6.45, 7) is 3.90. The zero-order chi connectivity index (χ0) is 15.0. The number of benzene rings is 1. The Hall–Kier alpha value is -1.88. The van der Waals surface area contributed by atoms with Crippen molar-refractivity contribution in [1.29, 1.82) is 0 Å². The molecular weight excluding hydrogens is 256 g/mol. The molecule has 5 heteroatoms. The molecule has 0 aliphatic heterocycles. The topological polar surface area (TPSA) is 78.4 Å². The van der Waals surface area contributed by atoms with E-state index in [0.29, 0.717) is 13.0 Å². The van der Waals surface area contributed by atoms with Gasteiger partial charge in [0.15, 0.2) is 0 Å². The fraction of sp³-hybridized carbons (Fsp3) is 0.467. The molecule has 0 spiro atoms. The zero-order valence-electron chi connectivity index (χ0n) is 12.0. The molecule has 1 amide bonds. The summed E-state index contributed by atoms with van der Waals surface area (Å²) in [4.78, 5) is 22.7. The average molecular weight is 278 g/mol. The molecule has 1 rings (SSSR count). The number of carbonyl (C=O) groups is 2. The number of aliphatic carboxylic acids is 1. The summed E-state index contributed by atoms with van der Waals surface area (Å²) in [6.07, 6.45) is 1.18. The molecule has 3 N–H and O–H groups in total. The van der Waals surface area contributed by atoms with Crippen molar-refractivity contribution in [3.63, 3.8) is 0 Å². The lowest BCUT2D eigenvalue weighted by Gasteiger charge is -2.24. The van der Waals surface area contributed by atoms with E-state index in [2.05, 4.69) is 10.6 Å². The van der Waals surface area contributed by atoms with Crippen molar-refractivity contribution in [2.45, 2.75) is 32.2 Å². The SMILES string of the molecule is CCC(C)(NCC(=O)NCCc1ccccc1)C(=O)O. The third-order valence-corrected chi connectivity index (χ3v) is 3.40. The minimum atomic E-state index is -1.06. The summed E-state index contributed by atoms with van der Waals surface area (Å²) in [6, 6.07) is 9.87. The van der Waals surface area contributed by atoms with Crippen molar-refractivity contribution in [2.75, 3.05) is 13.1 Å². The van der Waals surface area contributed by atoms with Crippen molar-refractivity contribution >= 4 is 11.9 Å². The number of carbonyl (C=O) groups excluding carboxylic acids is 1.